The Morgan fingerprint density at radius 1 is 1.19 bits per heavy atom. The first kappa shape index (κ1) is 23.2. The monoisotopic (exact) mass is 459 g/mol. The number of furan rings is 1. The molecule has 1 aromatic carbocycles. The summed E-state index contributed by atoms with van der Waals surface area (Å²) in [7, 11) is -1.19. The molecular formula is C23H26ClN3O3S. The molecule has 0 bridgehead atoms. The molecule has 6 nitrogen and oxygen atoms in total. The van der Waals surface area contributed by atoms with E-state index in [0.29, 0.717) is 33.6 Å². The molecule has 0 radical (unpaired) electrons. The molecule has 0 aliphatic rings. The van der Waals surface area contributed by atoms with Gasteiger partial charge in [-0.15, -0.1) is 0 Å². The van der Waals surface area contributed by atoms with Gasteiger partial charge >= 0.3 is 0 Å². The SMILES string of the molecule is CCCCCCC(C(=O)Nc1cnc(-c2ccco2)cn1)c1ccc(S(C)=O)c(Cl)c1. The van der Waals surface area contributed by atoms with Crippen LogP contribution < -0.4 is 5.32 Å². The van der Waals surface area contributed by atoms with Crippen LogP contribution in [0.15, 0.2) is 58.3 Å². The summed E-state index contributed by atoms with van der Waals surface area (Å²) in [6.07, 6.45) is 11.2. The Hall–Kier alpha value is -2.51. The third kappa shape index (κ3) is 6.24. The zero-order chi connectivity index (χ0) is 22.2. The van der Waals surface area contributed by atoms with E-state index < -0.39 is 10.8 Å². The van der Waals surface area contributed by atoms with E-state index in [1.54, 1.807) is 43.0 Å². The molecule has 2 aromatic heterocycles. The summed E-state index contributed by atoms with van der Waals surface area (Å²) < 4.78 is 17.1. The highest BCUT2D eigenvalue weighted by Crippen LogP contribution is 2.29. The minimum Gasteiger partial charge on any atom is -0.463 e. The van der Waals surface area contributed by atoms with Gasteiger partial charge in [0.2, 0.25) is 5.91 Å². The van der Waals surface area contributed by atoms with Gasteiger partial charge in [0.05, 0.1) is 45.3 Å². The lowest BCUT2D eigenvalue weighted by Crippen LogP contribution is -2.22. The summed E-state index contributed by atoms with van der Waals surface area (Å²) in [5.74, 6) is 0.427. The molecule has 0 aliphatic carbocycles. The number of amides is 1. The van der Waals surface area contributed by atoms with Crippen LogP contribution in [0.4, 0.5) is 5.82 Å². The molecule has 31 heavy (non-hydrogen) atoms. The second-order valence-electron chi connectivity index (χ2n) is 7.30. The standard InChI is InChI=1S/C23H26ClN3O3S/c1-3-4-5-6-8-17(16-10-11-21(31(2)29)18(24)13-16)23(28)27-22-15-25-19(14-26-22)20-9-7-12-30-20/h7,9-15,17H,3-6,8H2,1-2H3,(H,26,27,28). The predicted molar refractivity (Wildman–Crippen MR) is 124 cm³/mol. The number of halogens is 1. The van der Waals surface area contributed by atoms with Crippen LogP contribution in [0.1, 0.15) is 50.5 Å². The molecule has 0 saturated heterocycles. The van der Waals surface area contributed by atoms with Crippen molar-refractivity contribution in [1.82, 2.24) is 9.97 Å². The number of hydrogen-bond acceptors (Lipinski definition) is 5. The van der Waals surface area contributed by atoms with E-state index in [-0.39, 0.29) is 11.8 Å². The first-order chi connectivity index (χ1) is 15.0. The minimum absolute atomic E-state index is 0.169. The lowest BCUT2D eigenvalue weighted by atomic mass is 9.92. The van der Waals surface area contributed by atoms with Gasteiger partial charge < -0.3 is 9.73 Å². The van der Waals surface area contributed by atoms with E-state index in [1.165, 1.54) is 6.20 Å². The van der Waals surface area contributed by atoms with Gasteiger partial charge in [-0.05, 0) is 36.2 Å². The summed E-state index contributed by atoms with van der Waals surface area (Å²) in [6, 6.07) is 8.89. The summed E-state index contributed by atoms with van der Waals surface area (Å²) >= 11 is 6.33. The Morgan fingerprint density at radius 2 is 2.03 bits per heavy atom. The third-order valence-electron chi connectivity index (χ3n) is 5.01. The molecule has 3 aromatic rings. The largest absolute Gasteiger partial charge is 0.463 e. The highest BCUT2D eigenvalue weighted by atomic mass is 35.5. The third-order valence-corrected chi connectivity index (χ3v) is 6.41. The number of benzene rings is 1. The van der Waals surface area contributed by atoms with Crippen LogP contribution in [-0.2, 0) is 15.6 Å². The zero-order valence-electron chi connectivity index (χ0n) is 17.6. The van der Waals surface area contributed by atoms with E-state index in [0.717, 1.165) is 31.2 Å². The molecule has 0 fully saturated rings. The van der Waals surface area contributed by atoms with Crippen LogP contribution in [0.25, 0.3) is 11.5 Å². The van der Waals surface area contributed by atoms with Crippen molar-refractivity contribution in [1.29, 1.82) is 0 Å². The van der Waals surface area contributed by atoms with Gasteiger partial charge in [-0.1, -0.05) is 50.3 Å². The van der Waals surface area contributed by atoms with Crippen LogP contribution in [0.3, 0.4) is 0 Å². The topological polar surface area (TPSA) is 85.1 Å². The molecule has 164 valence electrons. The van der Waals surface area contributed by atoms with Crippen molar-refractivity contribution >= 4 is 34.1 Å². The Morgan fingerprint density at radius 3 is 2.65 bits per heavy atom. The second-order valence-corrected chi connectivity index (χ2v) is 9.05. The molecule has 1 amide bonds. The number of carbonyl (C=O) groups excluding carboxylic acids is 1. The lowest BCUT2D eigenvalue weighted by molar-refractivity contribution is -0.117. The number of rotatable bonds is 10. The number of nitrogens with one attached hydrogen (secondary N) is 1. The predicted octanol–water partition coefficient (Wildman–Crippen LogP) is 5.82. The summed E-state index contributed by atoms with van der Waals surface area (Å²) in [5, 5.41) is 3.27. The first-order valence-electron chi connectivity index (χ1n) is 10.3. The van der Waals surface area contributed by atoms with E-state index >= 15 is 0 Å². The average Bonchev–Trinajstić information content (AvgIpc) is 3.29. The Kier molecular flexibility index (Phi) is 8.37. The molecule has 1 N–H and O–H groups in total. The van der Waals surface area contributed by atoms with Crippen molar-refractivity contribution in [2.24, 2.45) is 0 Å². The maximum Gasteiger partial charge on any atom is 0.233 e. The van der Waals surface area contributed by atoms with E-state index in [9.17, 15) is 9.00 Å². The van der Waals surface area contributed by atoms with Gasteiger partial charge in [-0.2, -0.15) is 0 Å². The van der Waals surface area contributed by atoms with Crippen molar-refractivity contribution in [2.75, 3.05) is 11.6 Å². The maximum atomic E-state index is 13.1. The van der Waals surface area contributed by atoms with Gasteiger partial charge in [0.25, 0.3) is 0 Å². The quantitative estimate of drug-likeness (QED) is 0.386. The molecule has 2 atom stereocenters. The van der Waals surface area contributed by atoms with Crippen LogP contribution >= 0.6 is 11.6 Å². The smallest absolute Gasteiger partial charge is 0.233 e. The van der Waals surface area contributed by atoms with Crippen LogP contribution in [0.5, 0.6) is 0 Å². The van der Waals surface area contributed by atoms with Crippen LogP contribution in [-0.4, -0.2) is 26.3 Å². The van der Waals surface area contributed by atoms with Gasteiger partial charge in [-0.25, -0.2) is 9.97 Å². The highest BCUT2D eigenvalue weighted by molar-refractivity contribution is 7.84. The van der Waals surface area contributed by atoms with Crippen molar-refractivity contribution in [2.45, 2.75) is 49.8 Å². The summed E-state index contributed by atoms with van der Waals surface area (Å²) in [4.78, 5) is 22.3. The van der Waals surface area contributed by atoms with Crippen molar-refractivity contribution in [3.05, 3.63) is 59.6 Å². The first-order valence-corrected chi connectivity index (χ1v) is 12.2. The molecule has 0 saturated carbocycles. The molecule has 2 unspecified atom stereocenters. The number of anilines is 1. The normalized spacial score (nSPS) is 13.0. The number of hydrogen-bond donors (Lipinski definition) is 1. The van der Waals surface area contributed by atoms with E-state index in [1.807, 2.05) is 6.07 Å². The van der Waals surface area contributed by atoms with E-state index in [2.05, 4.69) is 22.2 Å². The Labute approximate surface area is 189 Å². The Bertz CT molecular complexity index is 1020. The van der Waals surface area contributed by atoms with Crippen molar-refractivity contribution in [3.8, 4) is 11.5 Å². The van der Waals surface area contributed by atoms with Gasteiger partial charge in [-0.3, -0.25) is 9.00 Å². The average molecular weight is 460 g/mol. The van der Waals surface area contributed by atoms with Crippen LogP contribution in [0, 0.1) is 0 Å². The second kappa shape index (κ2) is 11.2. The highest BCUT2D eigenvalue weighted by Gasteiger charge is 2.22. The molecular weight excluding hydrogens is 434 g/mol. The fourth-order valence-corrected chi connectivity index (χ4v) is 4.46. The summed E-state index contributed by atoms with van der Waals surface area (Å²) in [6.45, 7) is 2.15. The zero-order valence-corrected chi connectivity index (χ0v) is 19.2. The Balaban J connectivity index is 1.77. The number of nitrogens with zero attached hydrogens (tertiary/aromatic N) is 2. The molecule has 3 rings (SSSR count). The maximum absolute atomic E-state index is 13.1. The molecule has 8 heteroatoms. The lowest BCUT2D eigenvalue weighted by Gasteiger charge is -2.18. The number of carbonyl (C=O) groups is 1. The van der Waals surface area contributed by atoms with Crippen molar-refractivity contribution < 1.29 is 13.4 Å². The van der Waals surface area contributed by atoms with Gasteiger partial charge in [0.15, 0.2) is 11.6 Å². The van der Waals surface area contributed by atoms with Gasteiger partial charge in [0, 0.05) is 6.26 Å². The van der Waals surface area contributed by atoms with E-state index in [4.69, 9.17) is 16.0 Å². The minimum atomic E-state index is -1.19. The van der Waals surface area contributed by atoms with Crippen molar-refractivity contribution in [3.63, 3.8) is 0 Å². The van der Waals surface area contributed by atoms with Gasteiger partial charge in [0.1, 0.15) is 5.69 Å². The number of aromatic nitrogens is 2. The molecule has 0 aliphatic heterocycles. The van der Waals surface area contributed by atoms with Crippen LogP contribution in [0.2, 0.25) is 5.02 Å². The fraction of sp³-hybridized carbons (Fsp3) is 0.348. The summed E-state index contributed by atoms with van der Waals surface area (Å²) in [5.41, 5.74) is 1.39. The fourth-order valence-electron chi connectivity index (χ4n) is 3.35. The molecule has 0 spiro atoms. The number of unbranched alkanes of at least 4 members (excludes halogenated alkanes) is 3. The molecule has 2 heterocycles.